The molecular weight excluding hydrogens is 370 g/mol. The summed E-state index contributed by atoms with van der Waals surface area (Å²) < 4.78 is 30.1. The third-order valence-corrected chi connectivity index (χ3v) is 5.58. The zero-order chi connectivity index (χ0) is 19.4. The number of piperazine rings is 1. The summed E-state index contributed by atoms with van der Waals surface area (Å²) in [6.45, 7) is 4.27. The van der Waals surface area contributed by atoms with Gasteiger partial charge in [-0.05, 0) is 19.1 Å². The molecule has 9 nitrogen and oxygen atoms in total. The Hall–Kier alpha value is -2.62. The van der Waals surface area contributed by atoms with E-state index < -0.39 is 10.0 Å². The van der Waals surface area contributed by atoms with E-state index in [0.717, 1.165) is 16.4 Å². The van der Waals surface area contributed by atoms with E-state index in [4.69, 9.17) is 4.52 Å². The third-order valence-electron chi connectivity index (χ3n) is 4.41. The predicted octanol–water partition coefficient (Wildman–Crippen LogP) is 0.883. The molecule has 1 fully saturated rings. The van der Waals surface area contributed by atoms with Gasteiger partial charge in [0.2, 0.25) is 15.9 Å². The van der Waals surface area contributed by atoms with Gasteiger partial charge >= 0.3 is 0 Å². The Morgan fingerprint density at radius 1 is 1.26 bits per heavy atom. The number of amides is 1. The number of rotatable bonds is 6. The third kappa shape index (κ3) is 4.76. The van der Waals surface area contributed by atoms with Crippen molar-refractivity contribution in [3.05, 3.63) is 36.2 Å². The minimum Gasteiger partial charge on any atom is -0.360 e. The minimum absolute atomic E-state index is 0.0318. The van der Waals surface area contributed by atoms with Crippen molar-refractivity contribution in [2.24, 2.45) is 0 Å². The zero-order valence-electron chi connectivity index (χ0n) is 15.4. The fourth-order valence-corrected chi connectivity index (χ4v) is 3.85. The largest absolute Gasteiger partial charge is 0.360 e. The molecule has 1 amide bonds. The van der Waals surface area contributed by atoms with Crippen molar-refractivity contribution in [1.29, 1.82) is 0 Å². The van der Waals surface area contributed by atoms with Crippen LogP contribution in [0.5, 0.6) is 0 Å². The lowest BCUT2D eigenvalue weighted by molar-refractivity contribution is -0.131. The molecule has 0 N–H and O–H groups in total. The molecular formula is C17H23N5O4S. The molecule has 3 rings (SSSR count). The van der Waals surface area contributed by atoms with Gasteiger partial charge in [-0.15, -0.1) is 0 Å². The van der Waals surface area contributed by atoms with Crippen LogP contribution in [0.2, 0.25) is 0 Å². The van der Waals surface area contributed by atoms with Crippen LogP contribution in [0.4, 0.5) is 11.6 Å². The minimum atomic E-state index is -3.55. The predicted molar refractivity (Wildman–Crippen MR) is 101 cm³/mol. The number of sulfonamides is 1. The van der Waals surface area contributed by atoms with Crippen molar-refractivity contribution in [2.75, 3.05) is 48.2 Å². The number of aryl methyl sites for hydroxylation is 1. The highest BCUT2D eigenvalue weighted by Crippen LogP contribution is 2.18. The van der Waals surface area contributed by atoms with Gasteiger partial charge in [-0.2, -0.15) is 0 Å². The maximum atomic E-state index is 12.5. The summed E-state index contributed by atoms with van der Waals surface area (Å²) in [7, 11) is -3.55. The Morgan fingerprint density at radius 3 is 2.56 bits per heavy atom. The lowest BCUT2D eigenvalue weighted by Crippen LogP contribution is -2.49. The molecule has 0 aromatic carbocycles. The van der Waals surface area contributed by atoms with E-state index in [1.54, 1.807) is 18.0 Å². The topological polar surface area (TPSA) is 99.9 Å². The van der Waals surface area contributed by atoms with Gasteiger partial charge in [-0.3, -0.25) is 9.10 Å². The van der Waals surface area contributed by atoms with Crippen molar-refractivity contribution in [3.8, 4) is 0 Å². The van der Waals surface area contributed by atoms with Crippen LogP contribution in [0.15, 0.2) is 35.0 Å². The maximum Gasteiger partial charge on any atom is 0.233 e. The number of aromatic nitrogens is 2. The molecule has 0 unspecified atom stereocenters. The Labute approximate surface area is 158 Å². The van der Waals surface area contributed by atoms with E-state index >= 15 is 0 Å². The summed E-state index contributed by atoms with van der Waals surface area (Å²) >= 11 is 0. The number of nitrogens with zero attached hydrogens (tertiary/aromatic N) is 5. The molecule has 0 radical (unpaired) electrons. The second kappa shape index (κ2) is 7.95. The molecule has 1 aliphatic rings. The monoisotopic (exact) mass is 393 g/mol. The zero-order valence-corrected chi connectivity index (χ0v) is 16.2. The lowest BCUT2D eigenvalue weighted by Gasteiger charge is -2.35. The summed E-state index contributed by atoms with van der Waals surface area (Å²) in [5.74, 6) is 1.53. The fourth-order valence-electron chi connectivity index (χ4n) is 3.00. The van der Waals surface area contributed by atoms with Crippen LogP contribution < -0.4 is 9.21 Å². The van der Waals surface area contributed by atoms with Crippen molar-refractivity contribution < 1.29 is 17.7 Å². The first-order valence-corrected chi connectivity index (χ1v) is 10.5. The Bertz CT molecular complexity index is 876. The normalized spacial score (nSPS) is 15.0. The molecule has 0 saturated carbocycles. The van der Waals surface area contributed by atoms with Crippen LogP contribution in [0.1, 0.15) is 12.2 Å². The second-order valence-corrected chi connectivity index (χ2v) is 8.34. The fraction of sp³-hybridized carbons (Fsp3) is 0.471. The molecule has 1 saturated heterocycles. The van der Waals surface area contributed by atoms with Crippen LogP contribution in [-0.2, 0) is 14.8 Å². The lowest BCUT2D eigenvalue weighted by atomic mass is 10.2. The van der Waals surface area contributed by atoms with Gasteiger partial charge in [0, 0.05) is 51.4 Å². The summed E-state index contributed by atoms with van der Waals surface area (Å²) in [4.78, 5) is 20.8. The molecule has 0 aliphatic carbocycles. The molecule has 146 valence electrons. The number of carbonyl (C=O) groups excluding carboxylic acids is 1. The SMILES string of the molecule is Cc1cc(N(CCC(=O)N2CCN(c3ccccn3)CC2)S(C)(=O)=O)no1. The Morgan fingerprint density at radius 2 is 2.00 bits per heavy atom. The van der Waals surface area contributed by atoms with Gasteiger partial charge in [0.05, 0.1) is 6.26 Å². The number of anilines is 2. The van der Waals surface area contributed by atoms with E-state index in [9.17, 15) is 13.2 Å². The van der Waals surface area contributed by atoms with Crippen LogP contribution >= 0.6 is 0 Å². The van der Waals surface area contributed by atoms with Gasteiger partial charge in [-0.1, -0.05) is 11.2 Å². The van der Waals surface area contributed by atoms with Gasteiger partial charge in [0.25, 0.3) is 0 Å². The first kappa shape index (κ1) is 19.2. The van der Waals surface area contributed by atoms with Crippen molar-refractivity contribution in [1.82, 2.24) is 15.0 Å². The van der Waals surface area contributed by atoms with Gasteiger partial charge in [0.1, 0.15) is 11.6 Å². The number of hydrogen-bond acceptors (Lipinski definition) is 7. The highest BCUT2D eigenvalue weighted by atomic mass is 32.2. The number of pyridine rings is 1. The second-order valence-electron chi connectivity index (χ2n) is 6.44. The molecule has 0 spiro atoms. The average Bonchev–Trinajstić information content (AvgIpc) is 3.07. The highest BCUT2D eigenvalue weighted by molar-refractivity contribution is 7.92. The van der Waals surface area contributed by atoms with E-state index in [0.29, 0.717) is 31.9 Å². The maximum absolute atomic E-state index is 12.5. The van der Waals surface area contributed by atoms with Crippen LogP contribution in [0, 0.1) is 6.92 Å². The number of carbonyl (C=O) groups is 1. The van der Waals surface area contributed by atoms with Crippen molar-refractivity contribution in [2.45, 2.75) is 13.3 Å². The molecule has 0 bridgehead atoms. The summed E-state index contributed by atoms with van der Waals surface area (Å²) in [5, 5.41) is 3.75. The van der Waals surface area contributed by atoms with Gasteiger partial charge in [-0.25, -0.2) is 13.4 Å². The molecule has 27 heavy (non-hydrogen) atoms. The first-order valence-electron chi connectivity index (χ1n) is 8.69. The van der Waals surface area contributed by atoms with Crippen LogP contribution in [-0.4, -0.2) is 68.3 Å². The quantitative estimate of drug-likeness (QED) is 0.718. The van der Waals surface area contributed by atoms with E-state index in [1.807, 2.05) is 18.2 Å². The van der Waals surface area contributed by atoms with Gasteiger partial charge < -0.3 is 14.3 Å². The van der Waals surface area contributed by atoms with Crippen LogP contribution in [0.25, 0.3) is 0 Å². The van der Waals surface area contributed by atoms with Crippen molar-refractivity contribution >= 4 is 27.6 Å². The molecule has 2 aromatic rings. The van der Waals surface area contributed by atoms with Crippen LogP contribution in [0.3, 0.4) is 0 Å². The standard InChI is InChI=1S/C17H23N5O4S/c1-14-13-16(19-26-14)22(27(2,24)25)8-6-17(23)21-11-9-20(10-12-21)15-5-3-4-7-18-15/h3-5,7,13H,6,8-12H2,1-2H3. The average molecular weight is 393 g/mol. The molecule has 3 heterocycles. The molecule has 2 aromatic heterocycles. The summed E-state index contributed by atoms with van der Waals surface area (Å²) in [6, 6.07) is 7.29. The summed E-state index contributed by atoms with van der Waals surface area (Å²) in [5.41, 5.74) is 0. The summed E-state index contributed by atoms with van der Waals surface area (Å²) in [6.07, 6.45) is 2.92. The van der Waals surface area contributed by atoms with E-state index in [1.165, 1.54) is 6.07 Å². The Balaban J connectivity index is 1.56. The van der Waals surface area contributed by atoms with E-state index in [-0.39, 0.29) is 24.7 Å². The van der Waals surface area contributed by atoms with Gasteiger partial charge in [0.15, 0.2) is 5.82 Å². The number of hydrogen-bond donors (Lipinski definition) is 0. The van der Waals surface area contributed by atoms with Crippen molar-refractivity contribution in [3.63, 3.8) is 0 Å². The Kier molecular flexibility index (Phi) is 5.64. The van der Waals surface area contributed by atoms with E-state index in [2.05, 4.69) is 15.0 Å². The smallest absolute Gasteiger partial charge is 0.233 e. The molecule has 10 heteroatoms. The highest BCUT2D eigenvalue weighted by Gasteiger charge is 2.25. The molecule has 0 atom stereocenters. The molecule has 1 aliphatic heterocycles. The first-order chi connectivity index (χ1) is 12.8.